The Hall–Kier alpha value is -1.24. The van der Waals surface area contributed by atoms with Crippen LogP contribution < -0.4 is 11.1 Å². The van der Waals surface area contributed by atoms with Gasteiger partial charge in [0.05, 0.1) is 5.25 Å². The Morgan fingerprint density at radius 2 is 2.31 bits per heavy atom. The van der Waals surface area contributed by atoms with Crippen molar-refractivity contribution in [2.45, 2.75) is 36.2 Å². The fraction of sp³-hybridized carbons (Fsp3) is 0.667. The van der Waals surface area contributed by atoms with Gasteiger partial charge in [-0.25, -0.2) is 0 Å². The third kappa shape index (κ3) is 2.46. The maximum absolute atomic E-state index is 11.7. The van der Waals surface area contributed by atoms with E-state index in [2.05, 4.69) is 15.5 Å². The Labute approximate surface area is 98.0 Å². The summed E-state index contributed by atoms with van der Waals surface area (Å²) in [6.07, 6.45) is 2.19. The number of amides is 1. The molecule has 1 unspecified atom stereocenters. The Morgan fingerprint density at radius 1 is 1.62 bits per heavy atom. The highest BCUT2D eigenvalue weighted by Gasteiger charge is 2.26. The van der Waals surface area contributed by atoms with Gasteiger partial charge in [-0.05, 0) is 19.8 Å². The van der Waals surface area contributed by atoms with Crippen LogP contribution >= 0.6 is 11.8 Å². The molecule has 1 aliphatic rings. The molecule has 0 radical (unpaired) electrons. The summed E-state index contributed by atoms with van der Waals surface area (Å²) in [5.74, 6) is 0.409. The zero-order valence-electron chi connectivity index (χ0n) is 9.30. The molecule has 0 bridgehead atoms. The van der Waals surface area contributed by atoms with Gasteiger partial charge in [0.2, 0.25) is 11.9 Å². The molecule has 1 atom stereocenters. The number of carbonyl (C=O) groups excluding carboxylic acids is 1. The summed E-state index contributed by atoms with van der Waals surface area (Å²) < 4.78 is 1.67. The predicted octanol–water partition coefficient (Wildman–Crippen LogP) is 0.156. The largest absolute Gasteiger partial charge is 0.368 e. The van der Waals surface area contributed by atoms with E-state index in [1.54, 1.807) is 11.6 Å². The lowest BCUT2D eigenvalue weighted by molar-refractivity contribution is -0.120. The number of hydrogen-bond acceptors (Lipinski definition) is 5. The van der Waals surface area contributed by atoms with E-state index >= 15 is 0 Å². The Balaban J connectivity index is 1.92. The van der Waals surface area contributed by atoms with Crippen LogP contribution in [-0.2, 0) is 11.8 Å². The lowest BCUT2D eigenvalue weighted by atomic mass is 10.4. The van der Waals surface area contributed by atoms with E-state index in [9.17, 15) is 4.79 Å². The summed E-state index contributed by atoms with van der Waals surface area (Å²) in [5, 5.41) is 11.1. The molecule has 0 spiro atoms. The van der Waals surface area contributed by atoms with Crippen LogP contribution in [0.2, 0.25) is 0 Å². The average molecular weight is 241 g/mol. The van der Waals surface area contributed by atoms with Crippen LogP contribution in [0.15, 0.2) is 5.16 Å². The van der Waals surface area contributed by atoms with Gasteiger partial charge in [-0.15, -0.1) is 10.2 Å². The minimum absolute atomic E-state index is 0.0501. The number of thioether (sulfide) groups is 1. The molecule has 1 heterocycles. The molecule has 7 heteroatoms. The van der Waals surface area contributed by atoms with Gasteiger partial charge in [-0.1, -0.05) is 11.8 Å². The Morgan fingerprint density at radius 3 is 2.81 bits per heavy atom. The summed E-state index contributed by atoms with van der Waals surface area (Å²) in [6, 6.07) is 0.389. The molecule has 88 valence electrons. The number of hydrogen-bond donors (Lipinski definition) is 2. The molecule has 1 fully saturated rings. The molecule has 6 nitrogen and oxygen atoms in total. The maximum atomic E-state index is 11.7. The molecule has 2 rings (SSSR count). The smallest absolute Gasteiger partial charge is 0.233 e. The molecular formula is C9H15N5OS. The maximum Gasteiger partial charge on any atom is 0.233 e. The van der Waals surface area contributed by atoms with Gasteiger partial charge < -0.3 is 11.1 Å². The fourth-order valence-corrected chi connectivity index (χ4v) is 2.02. The quantitative estimate of drug-likeness (QED) is 0.733. The van der Waals surface area contributed by atoms with Gasteiger partial charge in [-0.3, -0.25) is 9.36 Å². The van der Waals surface area contributed by atoms with Crippen LogP contribution in [0.4, 0.5) is 5.95 Å². The zero-order valence-corrected chi connectivity index (χ0v) is 10.1. The lowest BCUT2D eigenvalue weighted by Crippen LogP contribution is -2.32. The van der Waals surface area contributed by atoms with E-state index in [1.165, 1.54) is 11.8 Å². The van der Waals surface area contributed by atoms with Crippen molar-refractivity contribution in [1.29, 1.82) is 0 Å². The second-order valence-corrected chi connectivity index (χ2v) is 5.25. The van der Waals surface area contributed by atoms with Gasteiger partial charge in [0.25, 0.3) is 0 Å². The molecule has 1 aromatic rings. The monoisotopic (exact) mass is 241 g/mol. The highest BCUT2D eigenvalue weighted by molar-refractivity contribution is 8.00. The first-order valence-corrected chi connectivity index (χ1v) is 6.08. The molecule has 3 N–H and O–H groups in total. The summed E-state index contributed by atoms with van der Waals surface area (Å²) in [7, 11) is 1.78. The molecular weight excluding hydrogens is 226 g/mol. The van der Waals surface area contributed by atoms with Crippen LogP contribution in [0, 0.1) is 0 Å². The van der Waals surface area contributed by atoms with Crippen molar-refractivity contribution in [3.63, 3.8) is 0 Å². The SMILES string of the molecule is CC(Sc1nnc(N)n1C)C(=O)NC1CC1. The minimum Gasteiger partial charge on any atom is -0.368 e. The molecule has 1 aromatic heterocycles. The van der Waals surface area contributed by atoms with Crippen LogP contribution in [0.25, 0.3) is 0 Å². The zero-order chi connectivity index (χ0) is 11.7. The number of anilines is 1. The van der Waals surface area contributed by atoms with Crippen molar-refractivity contribution in [1.82, 2.24) is 20.1 Å². The lowest BCUT2D eigenvalue weighted by Gasteiger charge is -2.10. The number of nitrogens with two attached hydrogens (primary N) is 1. The van der Waals surface area contributed by atoms with E-state index < -0.39 is 0 Å². The molecule has 1 saturated carbocycles. The van der Waals surface area contributed by atoms with Crippen molar-refractivity contribution in [3.8, 4) is 0 Å². The van der Waals surface area contributed by atoms with Crippen LogP contribution in [0.5, 0.6) is 0 Å². The predicted molar refractivity (Wildman–Crippen MR) is 61.9 cm³/mol. The average Bonchev–Trinajstić information content (AvgIpc) is 3.00. The first-order valence-electron chi connectivity index (χ1n) is 5.20. The van der Waals surface area contributed by atoms with Crippen LogP contribution in [-0.4, -0.2) is 32.0 Å². The van der Waals surface area contributed by atoms with E-state index in [-0.39, 0.29) is 11.2 Å². The normalized spacial score (nSPS) is 17.1. The topological polar surface area (TPSA) is 85.8 Å². The number of nitrogens with one attached hydrogen (secondary N) is 1. The van der Waals surface area contributed by atoms with Gasteiger partial charge in [0.1, 0.15) is 0 Å². The summed E-state index contributed by atoms with van der Waals surface area (Å²) in [5.41, 5.74) is 5.56. The number of nitrogen functional groups attached to an aromatic ring is 1. The summed E-state index contributed by atoms with van der Waals surface area (Å²) in [4.78, 5) is 11.7. The van der Waals surface area contributed by atoms with Crippen LogP contribution in [0.1, 0.15) is 19.8 Å². The van der Waals surface area contributed by atoms with Crippen molar-refractivity contribution < 1.29 is 4.79 Å². The van der Waals surface area contributed by atoms with Crippen molar-refractivity contribution in [2.75, 3.05) is 5.73 Å². The minimum atomic E-state index is -0.178. The molecule has 0 aromatic carbocycles. The van der Waals surface area contributed by atoms with Crippen LogP contribution in [0.3, 0.4) is 0 Å². The van der Waals surface area contributed by atoms with Gasteiger partial charge >= 0.3 is 0 Å². The first-order chi connectivity index (χ1) is 7.58. The third-order valence-corrected chi connectivity index (χ3v) is 3.58. The summed E-state index contributed by atoms with van der Waals surface area (Å²) >= 11 is 1.37. The van der Waals surface area contributed by atoms with Crippen molar-refractivity contribution in [2.24, 2.45) is 7.05 Å². The highest BCUT2D eigenvalue weighted by atomic mass is 32.2. The molecule has 1 aliphatic carbocycles. The highest BCUT2D eigenvalue weighted by Crippen LogP contribution is 2.24. The van der Waals surface area contributed by atoms with Gasteiger partial charge in [0.15, 0.2) is 5.16 Å². The molecule has 16 heavy (non-hydrogen) atoms. The number of carbonyl (C=O) groups is 1. The van der Waals surface area contributed by atoms with E-state index in [0.717, 1.165) is 12.8 Å². The standard InChI is InChI=1S/C9H15N5OS/c1-5(7(15)11-6-3-4-6)16-9-13-12-8(10)14(9)2/h5-6H,3-4H2,1-2H3,(H2,10,12)(H,11,15). The van der Waals surface area contributed by atoms with E-state index in [4.69, 9.17) is 5.73 Å². The van der Waals surface area contributed by atoms with Gasteiger partial charge in [-0.2, -0.15) is 0 Å². The third-order valence-electron chi connectivity index (χ3n) is 2.44. The fourth-order valence-electron chi connectivity index (χ4n) is 1.19. The number of aromatic nitrogens is 3. The van der Waals surface area contributed by atoms with E-state index in [1.807, 2.05) is 6.92 Å². The molecule has 0 aliphatic heterocycles. The molecule has 1 amide bonds. The Bertz CT molecular complexity index is 401. The first kappa shape index (κ1) is 11.3. The van der Waals surface area contributed by atoms with E-state index in [0.29, 0.717) is 17.1 Å². The van der Waals surface area contributed by atoms with Crippen molar-refractivity contribution in [3.05, 3.63) is 0 Å². The van der Waals surface area contributed by atoms with Gasteiger partial charge in [0, 0.05) is 13.1 Å². The number of rotatable bonds is 4. The van der Waals surface area contributed by atoms with Crippen molar-refractivity contribution >= 4 is 23.6 Å². The second kappa shape index (κ2) is 4.32. The Kier molecular flexibility index (Phi) is 3.04. The second-order valence-electron chi connectivity index (χ2n) is 3.94. The number of nitrogens with zero attached hydrogens (tertiary/aromatic N) is 3. The molecule has 0 saturated heterocycles. The summed E-state index contributed by atoms with van der Waals surface area (Å²) in [6.45, 7) is 1.85.